The Morgan fingerprint density at radius 1 is 1.20 bits per heavy atom. The first-order valence-corrected chi connectivity index (χ1v) is 4.62. The maximum Gasteiger partial charge on any atom is 0.349 e. The number of H-pyrrole nitrogens is 1. The molecule has 2 rings (SSSR count). The monoisotopic (exact) mass is 225 g/mol. The van der Waals surface area contributed by atoms with Crippen LogP contribution in [0.4, 0.5) is 0 Å². The average Bonchev–Trinajstić information content (AvgIpc) is 2.43. The summed E-state index contributed by atoms with van der Waals surface area (Å²) in [4.78, 5) is 24.8. The number of hydrogen-bond donors (Lipinski definition) is 1. The Balaban J connectivity index is 2.81. The van der Waals surface area contributed by atoms with Crippen molar-refractivity contribution in [2.45, 2.75) is 0 Å². The molecule has 0 unspecified atom stereocenters. The van der Waals surface area contributed by atoms with Gasteiger partial charge in [-0.15, -0.1) is 0 Å². The van der Waals surface area contributed by atoms with Gasteiger partial charge in [0.2, 0.25) is 0 Å². The van der Waals surface area contributed by atoms with Gasteiger partial charge in [-0.25, -0.2) is 14.3 Å². The third kappa shape index (κ3) is 1.50. The summed E-state index contributed by atoms with van der Waals surface area (Å²) >= 11 is 5.92. The molecule has 6 heteroatoms. The van der Waals surface area contributed by atoms with Crippen LogP contribution in [-0.2, 0) is 7.05 Å². The molecule has 0 aliphatic rings. The van der Waals surface area contributed by atoms with Crippen molar-refractivity contribution in [3.05, 3.63) is 50.3 Å². The van der Waals surface area contributed by atoms with Crippen LogP contribution in [0, 0.1) is 0 Å². The summed E-state index contributed by atoms with van der Waals surface area (Å²) in [7, 11) is 1.49. The van der Waals surface area contributed by atoms with Crippen LogP contribution < -0.4 is 11.4 Å². The van der Waals surface area contributed by atoms with Crippen molar-refractivity contribution in [3.8, 4) is 5.69 Å². The number of aromatic amines is 1. The Hall–Kier alpha value is -1.75. The molecule has 5 nitrogen and oxygen atoms in total. The first-order chi connectivity index (χ1) is 7.11. The topological polar surface area (TPSA) is 59.8 Å². The normalized spacial score (nSPS) is 10.5. The zero-order valence-corrected chi connectivity index (χ0v) is 8.65. The van der Waals surface area contributed by atoms with Crippen molar-refractivity contribution in [2.75, 3.05) is 0 Å². The second-order valence-corrected chi connectivity index (χ2v) is 3.43. The smallest absolute Gasteiger partial charge is 0.256 e. The van der Waals surface area contributed by atoms with Crippen molar-refractivity contribution >= 4 is 11.6 Å². The van der Waals surface area contributed by atoms with Gasteiger partial charge in [0.05, 0.1) is 10.7 Å². The molecule has 0 saturated carbocycles. The molecular formula is C9H8ClN3O2. The summed E-state index contributed by atoms with van der Waals surface area (Å²) in [6, 6.07) is 6.81. The van der Waals surface area contributed by atoms with E-state index in [4.69, 9.17) is 11.6 Å². The second kappa shape index (κ2) is 3.43. The summed E-state index contributed by atoms with van der Waals surface area (Å²) < 4.78 is 2.36. The molecule has 0 radical (unpaired) electrons. The van der Waals surface area contributed by atoms with E-state index in [2.05, 4.69) is 4.98 Å². The lowest BCUT2D eigenvalue weighted by Gasteiger charge is -2.06. The van der Waals surface area contributed by atoms with Crippen LogP contribution in [0.1, 0.15) is 0 Å². The molecule has 0 aliphatic heterocycles. The van der Waals surface area contributed by atoms with Gasteiger partial charge in [-0.05, 0) is 12.1 Å². The maximum absolute atomic E-state index is 11.4. The van der Waals surface area contributed by atoms with Gasteiger partial charge in [-0.2, -0.15) is 4.68 Å². The van der Waals surface area contributed by atoms with Crippen LogP contribution in [-0.4, -0.2) is 14.3 Å². The summed E-state index contributed by atoms with van der Waals surface area (Å²) in [5.74, 6) is 0. The van der Waals surface area contributed by atoms with E-state index in [1.807, 2.05) is 0 Å². The van der Waals surface area contributed by atoms with Crippen molar-refractivity contribution in [1.29, 1.82) is 0 Å². The van der Waals surface area contributed by atoms with Gasteiger partial charge in [0.15, 0.2) is 0 Å². The van der Waals surface area contributed by atoms with Crippen LogP contribution in [0.15, 0.2) is 33.9 Å². The standard InChI is InChI=1S/C9H8ClN3O2/c1-12-8(14)11-9(15)13(12)7-5-3-2-4-6(7)10/h2-5H,1H3,(H,11,14,15). The number of nitrogens with one attached hydrogen (secondary N) is 1. The highest BCUT2D eigenvalue weighted by atomic mass is 35.5. The molecule has 0 bridgehead atoms. The Bertz CT molecular complexity index is 608. The highest BCUT2D eigenvalue weighted by molar-refractivity contribution is 6.32. The van der Waals surface area contributed by atoms with Crippen molar-refractivity contribution < 1.29 is 0 Å². The predicted molar refractivity (Wildman–Crippen MR) is 56.6 cm³/mol. The van der Waals surface area contributed by atoms with Gasteiger partial charge in [0.25, 0.3) is 0 Å². The lowest BCUT2D eigenvalue weighted by atomic mass is 10.3. The van der Waals surface area contributed by atoms with E-state index in [9.17, 15) is 9.59 Å². The third-order valence-electron chi connectivity index (χ3n) is 2.08. The molecule has 15 heavy (non-hydrogen) atoms. The minimum Gasteiger partial charge on any atom is -0.256 e. The number of nitrogens with zero attached hydrogens (tertiary/aromatic N) is 2. The molecule has 1 heterocycles. The van der Waals surface area contributed by atoms with E-state index in [0.29, 0.717) is 10.7 Å². The summed E-state index contributed by atoms with van der Waals surface area (Å²) in [6.07, 6.45) is 0. The molecule has 0 amide bonds. The highest BCUT2D eigenvalue weighted by Gasteiger charge is 2.09. The van der Waals surface area contributed by atoms with E-state index in [0.717, 1.165) is 0 Å². The number of para-hydroxylation sites is 1. The van der Waals surface area contributed by atoms with Crippen LogP contribution in [0.25, 0.3) is 5.69 Å². The third-order valence-corrected chi connectivity index (χ3v) is 2.40. The van der Waals surface area contributed by atoms with Crippen LogP contribution in [0.2, 0.25) is 5.02 Å². The number of halogens is 1. The zero-order valence-electron chi connectivity index (χ0n) is 7.90. The summed E-state index contributed by atoms with van der Waals surface area (Å²) in [5, 5.41) is 0.411. The van der Waals surface area contributed by atoms with Crippen molar-refractivity contribution in [1.82, 2.24) is 14.3 Å². The minimum atomic E-state index is -0.504. The summed E-state index contributed by atoms with van der Waals surface area (Å²) in [6.45, 7) is 0. The molecular weight excluding hydrogens is 218 g/mol. The molecule has 78 valence electrons. The molecule has 1 aromatic heterocycles. The molecule has 0 fully saturated rings. The molecule has 0 atom stereocenters. The van der Waals surface area contributed by atoms with Gasteiger partial charge in [0.1, 0.15) is 0 Å². The zero-order chi connectivity index (χ0) is 11.0. The van der Waals surface area contributed by atoms with E-state index in [-0.39, 0.29) is 0 Å². The molecule has 1 N–H and O–H groups in total. The van der Waals surface area contributed by atoms with Gasteiger partial charge in [-0.3, -0.25) is 4.98 Å². The Morgan fingerprint density at radius 3 is 2.40 bits per heavy atom. The fourth-order valence-electron chi connectivity index (χ4n) is 1.35. The summed E-state index contributed by atoms with van der Waals surface area (Å²) in [5.41, 5.74) is -0.500. The number of aromatic nitrogens is 3. The van der Waals surface area contributed by atoms with E-state index in [1.54, 1.807) is 24.3 Å². The molecule has 2 aromatic rings. The highest BCUT2D eigenvalue weighted by Crippen LogP contribution is 2.16. The van der Waals surface area contributed by atoms with Gasteiger partial charge < -0.3 is 0 Å². The Morgan fingerprint density at radius 2 is 1.87 bits per heavy atom. The van der Waals surface area contributed by atoms with Crippen LogP contribution >= 0.6 is 11.6 Å². The maximum atomic E-state index is 11.4. The number of rotatable bonds is 1. The quantitative estimate of drug-likeness (QED) is 0.769. The van der Waals surface area contributed by atoms with E-state index < -0.39 is 11.4 Å². The largest absolute Gasteiger partial charge is 0.349 e. The number of benzene rings is 1. The molecule has 0 spiro atoms. The van der Waals surface area contributed by atoms with Crippen LogP contribution in [0.3, 0.4) is 0 Å². The lowest BCUT2D eigenvalue weighted by Crippen LogP contribution is -2.22. The van der Waals surface area contributed by atoms with Gasteiger partial charge in [0, 0.05) is 7.05 Å². The SMILES string of the molecule is Cn1c(=O)[nH]c(=O)n1-c1ccccc1Cl. The second-order valence-electron chi connectivity index (χ2n) is 3.02. The average molecular weight is 226 g/mol. The fraction of sp³-hybridized carbons (Fsp3) is 0.111. The predicted octanol–water partition coefficient (Wildman–Crippen LogP) is 0.518. The molecule has 0 saturated heterocycles. The fourth-order valence-corrected chi connectivity index (χ4v) is 1.56. The first kappa shape index (κ1) is 9.79. The van der Waals surface area contributed by atoms with Crippen molar-refractivity contribution in [2.24, 2.45) is 7.05 Å². The first-order valence-electron chi connectivity index (χ1n) is 4.24. The molecule has 1 aromatic carbocycles. The van der Waals surface area contributed by atoms with Gasteiger partial charge in [-0.1, -0.05) is 23.7 Å². The molecule has 0 aliphatic carbocycles. The lowest BCUT2D eigenvalue weighted by molar-refractivity contribution is 0.628. The number of hydrogen-bond acceptors (Lipinski definition) is 2. The van der Waals surface area contributed by atoms with Gasteiger partial charge >= 0.3 is 11.4 Å². The minimum absolute atomic E-state index is 0.411. The Kier molecular flexibility index (Phi) is 2.24. The van der Waals surface area contributed by atoms with E-state index in [1.165, 1.54) is 16.4 Å². The van der Waals surface area contributed by atoms with Crippen molar-refractivity contribution in [3.63, 3.8) is 0 Å². The van der Waals surface area contributed by atoms with Crippen LogP contribution in [0.5, 0.6) is 0 Å². The van der Waals surface area contributed by atoms with E-state index >= 15 is 0 Å². The Labute approximate surface area is 89.5 Å².